The second kappa shape index (κ2) is 6.86. The van der Waals surface area contributed by atoms with Gasteiger partial charge >= 0.3 is 0 Å². The Morgan fingerprint density at radius 3 is 2.82 bits per heavy atom. The Hall–Kier alpha value is 0.0700. The Labute approximate surface area is 114 Å². The summed E-state index contributed by atoms with van der Waals surface area (Å²) in [4.78, 5) is 14.0. The molecule has 1 heterocycles. The minimum absolute atomic E-state index is 0. The highest BCUT2D eigenvalue weighted by Gasteiger charge is 2.42. The first kappa shape index (κ1) is 15.1. The van der Waals surface area contributed by atoms with E-state index in [0.717, 1.165) is 31.7 Å². The molecule has 0 aromatic heterocycles. The molecule has 100 valence electrons. The lowest BCUT2D eigenvalue weighted by atomic mass is 9.98. The molecule has 1 saturated carbocycles. The summed E-state index contributed by atoms with van der Waals surface area (Å²) in [7, 11) is 0. The maximum Gasteiger partial charge on any atom is 0.232 e. The van der Waals surface area contributed by atoms with Crippen LogP contribution in [0.5, 0.6) is 0 Å². The van der Waals surface area contributed by atoms with E-state index in [2.05, 4.69) is 6.92 Å². The molecule has 3 atom stereocenters. The van der Waals surface area contributed by atoms with Gasteiger partial charge in [-0.1, -0.05) is 6.92 Å². The first-order valence-corrected chi connectivity index (χ1v) is 7.49. The van der Waals surface area contributed by atoms with Crippen molar-refractivity contribution < 1.29 is 4.79 Å². The van der Waals surface area contributed by atoms with Crippen LogP contribution in [0, 0.1) is 11.8 Å². The predicted octanol–water partition coefficient (Wildman–Crippen LogP) is 1.75. The van der Waals surface area contributed by atoms with Gasteiger partial charge in [-0.25, -0.2) is 0 Å². The van der Waals surface area contributed by atoms with E-state index in [4.69, 9.17) is 5.73 Å². The third-order valence-electron chi connectivity index (χ3n) is 3.84. The summed E-state index contributed by atoms with van der Waals surface area (Å²) >= 11 is 1.75. The van der Waals surface area contributed by atoms with Crippen molar-refractivity contribution in [2.75, 3.05) is 24.6 Å². The second-order valence-electron chi connectivity index (χ2n) is 5.02. The van der Waals surface area contributed by atoms with Gasteiger partial charge in [-0.15, -0.1) is 12.4 Å². The fourth-order valence-corrected chi connectivity index (χ4v) is 3.70. The number of hydrogen-bond donors (Lipinski definition) is 1. The van der Waals surface area contributed by atoms with Crippen LogP contribution in [0.3, 0.4) is 0 Å². The van der Waals surface area contributed by atoms with Gasteiger partial charge in [-0.05, 0) is 36.9 Å². The number of thioether (sulfide) groups is 1. The number of fused-ring (bicyclic) bond motifs is 1. The van der Waals surface area contributed by atoms with Crippen LogP contribution >= 0.6 is 24.2 Å². The molecule has 5 heteroatoms. The van der Waals surface area contributed by atoms with E-state index in [1.54, 1.807) is 11.8 Å². The molecule has 1 aliphatic carbocycles. The Balaban J connectivity index is 0.00000144. The fraction of sp³-hybridized carbons (Fsp3) is 0.917. The molecule has 0 aromatic rings. The van der Waals surface area contributed by atoms with Crippen molar-refractivity contribution in [3.05, 3.63) is 0 Å². The molecule has 0 aromatic carbocycles. The molecule has 1 amide bonds. The standard InChI is InChI=1S/C12H22N2OS.ClH/c1-2-5-16-8-12(15)14-6-9-3-4-11(13)10(9)7-14;/h9-11H,2-8,13H2,1H3;1H. The van der Waals surface area contributed by atoms with Crippen LogP contribution in [0.2, 0.25) is 0 Å². The number of halogens is 1. The average Bonchev–Trinajstić information content (AvgIpc) is 2.82. The van der Waals surface area contributed by atoms with E-state index in [1.807, 2.05) is 4.90 Å². The van der Waals surface area contributed by atoms with Crippen molar-refractivity contribution in [2.45, 2.75) is 32.2 Å². The number of nitrogens with zero attached hydrogens (tertiary/aromatic N) is 1. The van der Waals surface area contributed by atoms with Crippen molar-refractivity contribution in [3.8, 4) is 0 Å². The topological polar surface area (TPSA) is 46.3 Å². The Morgan fingerprint density at radius 2 is 2.18 bits per heavy atom. The van der Waals surface area contributed by atoms with Crippen LogP contribution < -0.4 is 5.73 Å². The maximum atomic E-state index is 11.9. The highest BCUT2D eigenvalue weighted by Crippen LogP contribution is 2.37. The highest BCUT2D eigenvalue weighted by molar-refractivity contribution is 7.99. The lowest BCUT2D eigenvalue weighted by Gasteiger charge is -2.18. The first-order valence-electron chi connectivity index (χ1n) is 6.33. The van der Waals surface area contributed by atoms with Crippen molar-refractivity contribution in [2.24, 2.45) is 17.6 Å². The molecule has 3 unspecified atom stereocenters. The van der Waals surface area contributed by atoms with Crippen LogP contribution in [-0.2, 0) is 4.79 Å². The number of carbonyl (C=O) groups is 1. The molecular weight excluding hydrogens is 256 g/mol. The molecule has 0 spiro atoms. The quantitative estimate of drug-likeness (QED) is 0.797. The van der Waals surface area contributed by atoms with Crippen LogP contribution in [0.1, 0.15) is 26.2 Å². The number of rotatable bonds is 4. The fourth-order valence-electron chi connectivity index (χ4n) is 2.91. The molecule has 1 saturated heterocycles. The van der Waals surface area contributed by atoms with Gasteiger partial charge in [-0.3, -0.25) is 4.79 Å². The normalized spacial score (nSPS) is 31.2. The zero-order valence-electron chi connectivity index (χ0n) is 10.4. The number of likely N-dealkylation sites (tertiary alicyclic amines) is 1. The molecular formula is C12H23ClN2OS. The van der Waals surface area contributed by atoms with Gasteiger partial charge in [0.15, 0.2) is 0 Å². The van der Waals surface area contributed by atoms with Crippen LogP contribution in [0.25, 0.3) is 0 Å². The third-order valence-corrected chi connectivity index (χ3v) is 4.99. The summed E-state index contributed by atoms with van der Waals surface area (Å²) in [5.41, 5.74) is 6.06. The predicted molar refractivity (Wildman–Crippen MR) is 75.6 cm³/mol. The van der Waals surface area contributed by atoms with Crippen LogP contribution in [-0.4, -0.2) is 41.4 Å². The number of nitrogens with two attached hydrogens (primary N) is 1. The summed E-state index contributed by atoms with van der Waals surface area (Å²) < 4.78 is 0. The minimum Gasteiger partial charge on any atom is -0.341 e. The number of amides is 1. The lowest BCUT2D eigenvalue weighted by Crippen LogP contribution is -2.34. The van der Waals surface area contributed by atoms with Gasteiger partial charge in [0, 0.05) is 19.1 Å². The van der Waals surface area contributed by atoms with Crippen LogP contribution in [0.4, 0.5) is 0 Å². The van der Waals surface area contributed by atoms with Gasteiger partial charge < -0.3 is 10.6 Å². The molecule has 3 nitrogen and oxygen atoms in total. The van der Waals surface area contributed by atoms with E-state index >= 15 is 0 Å². The van der Waals surface area contributed by atoms with Crippen molar-refractivity contribution >= 4 is 30.1 Å². The third kappa shape index (κ3) is 3.52. The van der Waals surface area contributed by atoms with Crippen molar-refractivity contribution in [3.63, 3.8) is 0 Å². The van der Waals surface area contributed by atoms with E-state index in [1.165, 1.54) is 6.42 Å². The molecule has 2 fully saturated rings. The molecule has 2 rings (SSSR count). The Morgan fingerprint density at radius 1 is 1.41 bits per heavy atom. The van der Waals surface area contributed by atoms with Crippen molar-refractivity contribution in [1.82, 2.24) is 4.90 Å². The first-order chi connectivity index (χ1) is 7.72. The molecule has 2 aliphatic rings. The van der Waals surface area contributed by atoms with Gasteiger partial charge in [0.1, 0.15) is 0 Å². The molecule has 17 heavy (non-hydrogen) atoms. The summed E-state index contributed by atoms with van der Waals surface area (Å²) in [5, 5.41) is 0. The van der Waals surface area contributed by atoms with E-state index in [0.29, 0.717) is 29.5 Å². The van der Waals surface area contributed by atoms with Gasteiger partial charge in [-0.2, -0.15) is 11.8 Å². The zero-order chi connectivity index (χ0) is 11.5. The summed E-state index contributed by atoms with van der Waals surface area (Å²) in [6.45, 7) is 4.03. The summed E-state index contributed by atoms with van der Waals surface area (Å²) in [6.07, 6.45) is 3.52. The van der Waals surface area contributed by atoms with E-state index < -0.39 is 0 Å². The summed E-state index contributed by atoms with van der Waals surface area (Å²) in [5.74, 6) is 3.34. The number of hydrogen-bond acceptors (Lipinski definition) is 3. The average molecular weight is 279 g/mol. The molecule has 1 aliphatic heterocycles. The van der Waals surface area contributed by atoms with Crippen LogP contribution in [0.15, 0.2) is 0 Å². The van der Waals surface area contributed by atoms with Crippen molar-refractivity contribution in [1.29, 1.82) is 0 Å². The molecule has 0 radical (unpaired) electrons. The number of carbonyl (C=O) groups excluding carboxylic acids is 1. The lowest BCUT2D eigenvalue weighted by molar-refractivity contribution is -0.127. The largest absolute Gasteiger partial charge is 0.341 e. The second-order valence-corrected chi connectivity index (χ2v) is 6.12. The molecule has 2 N–H and O–H groups in total. The maximum absolute atomic E-state index is 11.9. The monoisotopic (exact) mass is 278 g/mol. The highest BCUT2D eigenvalue weighted by atomic mass is 35.5. The van der Waals surface area contributed by atoms with E-state index in [9.17, 15) is 4.79 Å². The van der Waals surface area contributed by atoms with E-state index in [-0.39, 0.29) is 12.4 Å². The van der Waals surface area contributed by atoms with Gasteiger partial charge in [0.05, 0.1) is 5.75 Å². The SMILES string of the molecule is CCCSCC(=O)N1CC2CCC(N)C2C1.Cl. The van der Waals surface area contributed by atoms with Gasteiger partial charge in [0.25, 0.3) is 0 Å². The zero-order valence-corrected chi connectivity index (χ0v) is 12.1. The minimum atomic E-state index is 0. The summed E-state index contributed by atoms with van der Waals surface area (Å²) in [6, 6.07) is 0.339. The van der Waals surface area contributed by atoms with Gasteiger partial charge in [0.2, 0.25) is 5.91 Å². The Kier molecular flexibility index (Phi) is 6.10. The Bertz CT molecular complexity index is 265. The smallest absolute Gasteiger partial charge is 0.232 e. The molecule has 0 bridgehead atoms.